The van der Waals surface area contributed by atoms with Crippen molar-refractivity contribution in [2.45, 2.75) is 19.3 Å². The molecule has 1 aliphatic heterocycles. The summed E-state index contributed by atoms with van der Waals surface area (Å²) in [7, 11) is 1.66. The van der Waals surface area contributed by atoms with Gasteiger partial charge in [-0.1, -0.05) is 0 Å². The molecule has 1 atom stereocenters. The first-order valence-corrected chi connectivity index (χ1v) is 5.72. The van der Waals surface area contributed by atoms with E-state index in [-0.39, 0.29) is 24.5 Å². The Labute approximate surface area is 96.6 Å². The van der Waals surface area contributed by atoms with Crippen LogP contribution in [0.15, 0.2) is 0 Å². The summed E-state index contributed by atoms with van der Waals surface area (Å²) in [5.41, 5.74) is 5.06. The molecule has 16 heavy (non-hydrogen) atoms. The number of primary amides is 1. The Hall–Kier alpha value is -0.650. The molecule has 0 unspecified atom stereocenters. The summed E-state index contributed by atoms with van der Waals surface area (Å²) in [5.74, 6) is -0.305. The highest BCUT2D eigenvalue weighted by molar-refractivity contribution is 5.75. The minimum Gasteiger partial charge on any atom is -0.396 e. The normalized spacial score (nSPS) is 26.9. The van der Waals surface area contributed by atoms with E-state index < -0.39 is 0 Å². The van der Waals surface area contributed by atoms with E-state index in [9.17, 15) is 9.90 Å². The topological polar surface area (TPSA) is 75.8 Å². The molecule has 0 radical (unpaired) electrons. The fourth-order valence-corrected chi connectivity index (χ4v) is 2.40. The average molecular weight is 230 g/mol. The van der Waals surface area contributed by atoms with Crippen molar-refractivity contribution < 1.29 is 14.6 Å². The predicted molar refractivity (Wildman–Crippen MR) is 60.9 cm³/mol. The molecule has 0 aliphatic carbocycles. The van der Waals surface area contributed by atoms with Crippen molar-refractivity contribution in [1.82, 2.24) is 4.90 Å². The van der Waals surface area contributed by atoms with Crippen molar-refractivity contribution in [2.24, 2.45) is 11.1 Å². The van der Waals surface area contributed by atoms with Crippen LogP contribution in [0.25, 0.3) is 0 Å². The zero-order valence-electron chi connectivity index (χ0n) is 9.95. The van der Waals surface area contributed by atoms with Gasteiger partial charge < -0.3 is 15.6 Å². The van der Waals surface area contributed by atoms with Crippen molar-refractivity contribution in [2.75, 3.05) is 40.0 Å². The number of carbonyl (C=O) groups is 1. The summed E-state index contributed by atoms with van der Waals surface area (Å²) >= 11 is 0. The Bertz CT molecular complexity index is 235. The zero-order valence-corrected chi connectivity index (χ0v) is 9.95. The number of methoxy groups -OCH3 is 1. The Balaban J connectivity index is 2.53. The number of carbonyl (C=O) groups excluding carboxylic acids is 1. The van der Waals surface area contributed by atoms with E-state index >= 15 is 0 Å². The smallest absolute Gasteiger partial charge is 0.231 e. The quantitative estimate of drug-likeness (QED) is 0.650. The Morgan fingerprint density at radius 1 is 1.62 bits per heavy atom. The summed E-state index contributed by atoms with van der Waals surface area (Å²) in [4.78, 5) is 12.9. The summed E-state index contributed by atoms with van der Waals surface area (Å²) in [5, 5.41) is 9.52. The highest BCUT2D eigenvalue weighted by atomic mass is 16.5. The van der Waals surface area contributed by atoms with Crippen molar-refractivity contribution >= 4 is 5.91 Å². The van der Waals surface area contributed by atoms with Crippen molar-refractivity contribution in [1.29, 1.82) is 0 Å². The molecule has 94 valence electrons. The first kappa shape index (κ1) is 13.4. The van der Waals surface area contributed by atoms with Gasteiger partial charge in [-0.3, -0.25) is 9.69 Å². The molecule has 0 bridgehead atoms. The van der Waals surface area contributed by atoms with Crippen LogP contribution in [0.1, 0.15) is 19.3 Å². The maximum absolute atomic E-state index is 10.9. The first-order chi connectivity index (χ1) is 7.62. The SMILES string of the molecule is COCC[C@@]1(CO)CCCN(CC(N)=O)C1. The van der Waals surface area contributed by atoms with Crippen molar-refractivity contribution in [3.05, 3.63) is 0 Å². The second-order valence-corrected chi connectivity index (χ2v) is 4.68. The molecule has 1 saturated heterocycles. The third-order valence-electron chi connectivity index (χ3n) is 3.29. The van der Waals surface area contributed by atoms with Gasteiger partial charge in [-0.15, -0.1) is 0 Å². The number of aliphatic hydroxyl groups is 1. The molecule has 0 aromatic heterocycles. The van der Waals surface area contributed by atoms with Gasteiger partial charge in [-0.25, -0.2) is 0 Å². The van der Waals surface area contributed by atoms with Gasteiger partial charge in [0, 0.05) is 25.7 Å². The third kappa shape index (κ3) is 3.73. The van der Waals surface area contributed by atoms with E-state index in [0.717, 1.165) is 32.4 Å². The minimum atomic E-state index is -0.305. The molecule has 0 aromatic rings. The number of nitrogens with zero attached hydrogens (tertiary/aromatic N) is 1. The van der Waals surface area contributed by atoms with Gasteiger partial charge in [0.25, 0.3) is 0 Å². The lowest BCUT2D eigenvalue weighted by molar-refractivity contribution is -0.120. The largest absolute Gasteiger partial charge is 0.396 e. The van der Waals surface area contributed by atoms with Gasteiger partial charge in [-0.2, -0.15) is 0 Å². The molecule has 5 nitrogen and oxygen atoms in total. The maximum atomic E-state index is 10.9. The van der Waals surface area contributed by atoms with Crippen LogP contribution in [-0.2, 0) is 9.53 Å². The summed E-state index contributed by atoms with van der Waals surface area (Å²) in [6.07, 6.45) is 2.81. The fourth-order valence-electron chi connectivity index (χ4n) is 2.40. The molecule has 5 heteroatoms. The lowest BCUT2D eigenvalue weighted by atomic mass is 9.78. The van der Waals surface area contributed by atoms with Gasteiger partial charge in [-0.05, 0) is 25.8 Å². The number of rotatable bonds is 6. The van der Waals surface area contributed by atoms with Crippen LogP contribution in [0.5, 0.6) is 0 Å². The van der Waals surface area contributed by atoms with E-state index in [1.807, 2.05) is 4.90 Å². The molecular weight excluding hydrogens is 208 g/mol. The van der Waals surface area contributed by atoms with Crippen molar-refractivity contribution in [3.8, 4) is 0 Å². The number of hydrogen-bond donors (Lipinski definition) is 2. The fraction of sp³-hybridized carbons (Fsp3) is 0.909. The van der Waals surface area contributed by atoms with Gasteiger partial charge in [0.05, 0.1) is 13.2 Å². The standard InChI is InChI=1S/C11H22N2O3/c1-16-6-4-11(9-14)3-2-5-13(8-11)7-10(12)15/h14H,2-9H2,1H3,(H2,12,15)/t11-/m0/s1. The van der Waals surface area contributed by atoms with E-state index in [0.29, 0.717) is 6.61 Å². The van der Waals surface area contributed by atoms with E-state index in [1.165, 1.54) is 0 Å². The van der Waals surface area contributed by atoms with Crippen LogP contribution in [0.4, 0.5) is 0 Å². The number of ether oxygens (including phenoxy) is 1. The number of amides is 1. The maximum Gasteiger partial charge on any atom is 0.231 e. The third-order valence-corrected chi connectivity index (χ3v) is 3.29. The summed E-state index contributed by atoms with van der Waals surface area (Å²) in [6.45, 7) is 2.69. The number of nitrogens with two attached hydrogens (primary N) is 1. The molecule has 1 aliphatic rings. The molecule has 1 heterocycles. The van der Waals surface area contributed by atoms with E-state index in [1.54, 1.807) is 7.11 Å². The van der Waals surface area contributed by atoms with Gasteiger partial charge in [0.15, 0.2) is 0 Å². The molecule has 0 spiro atoms. The van der Waals surface area contributed by atoms with Gasteiger partial charge in [0.1, 0.15) is 0 Å². The van der Waals surface area contributed by atoms with Crippen LogP contribution < -0.4 is 5.73 Å². The zero-order chi connectivity index (χ0) is 12.0. The molecular formula is C11H22N2O3. The lowest BCUT2D eigenvalue weighted by Crippen LogP contribution is -2.48. The lowest BCUT2D eigenvalue weighted by Gasteiger charge is -2.41. The number of aliphatic hydroxyl groups excluding tert-OH is 1. The van der Waals surface area contributed by atoms with Crippen LogP contribution in [0.2, 0.25) is 0 Å². The van der Waals surface area contributed by atoms with Gasteiger partial charge >= 0.3 is 0 Å². The second kappa shape index (κ2) is 6.18. The minimum absolute atomic E-state index is 0.121. The van der Waals surface area contributed by atoms with Gasteiger partial charge in [0.2, 0.25) is 5.91 Å². The van der Waals surface area contributed by atoms with Crippen LogP contribution in [0.3, 0.4) is 0 Å². The Morgan fingerprint density at radius 3 is 2.94 bits per heavy atom. The Morgan fingerprint density at radius 2 is 2.38 bits per heavy atom. The highest BCUT2D eigenvalue weighted by Gasteiger charge is 2.34. The molecule has 1 rings (SSSR count). The average Bonchev–Trinajstić information content (AvgIpc) is 2.26. The summed E-state index contributed by atoms with van der Waals surface area (Å²) < 4.78 is 5.07. The number of likely N-dealkylation sites (tertiary alicyclic amines) is 1. The van der Waals surface area contributed by atoms with Crippen LogP contribution >= 0.6 is 0 Å². The number of piperidine rings is 1. The first-order valence-electron chi connectivity index (χ1n) is 5.72. The van der Waals surface area contributed by atoms with E-state index in [4.69, 9.17) is 10.5 Å². The van der Waals surface area contributed by atoms with Crippen molar-refractivity contribution in [3.63, 3.8) is 0 Å². The molecule has 0 saturated carbocycles. The van der Waals surface area contributed by atoms with Crippen LogP contribution in [0, 0.1) is 5.41 Å². The van der Waals surface area contributed by atoms with E-state index in [2.05, 4.69) is 0 Å². The molecule has 0 aromatic carbocycles. The monoisotopic (exact) mass is 230 g/mol. The van der Waals surface area contributed by atoms with Crippen LogP contribution in [-0.4, -0.2) is 55.9 Å². The predicted octanol–water partition coefficient (Wildman–Crippen LogP) is -0.417. The molecule has 1 fully saturated rings. The second-order valence-electron chi connectivity index (χ2n) is 4.68. The highest BCUT2D eigenvalue weighted by Crippen LogP contribution is 2.32. The number of hydrogen-bond acceptors (Lipinski definition) is 4. The molecule has 1 amide bonds. The Kier molecular flexibility index (Phi) is 5.18. The molecule has 3 N–H and O–H groups in total. The summed E-state index contributed by atoms with van der Waals surface area (Å²) in [6, 6.07) is 0.